The molecule has 1 heterocycles. The second-order valence-electron chi connectivity index (χ2n) is 7.72. The monoisotopic (exact) mass is 422 g/mol. The summed E-state index contributed by atoms with van der Waals surface area (Å²) >= 11 is 0. The van der Waals surface area contributed by atoms with Crippen molar-refractivity contribution >= 4 is 27.5 Å². The van der Waals surface area contributed by atoms with E-state index in [0.717, 1.165) is 12.1 Å². The molecule has 29 heavy (non-hydrogen) atoms. The van der Waals surface area contributed by atoms with E-state index in [2.05, 4.69) is 5.32 Å². The standard InChI is InChI=1S/C20H23FN2O5S/c1-13-12-27-18-10-7-15(22-19(24)28-20(2,3)4)11-17(18)23(13)29(25,26)16-8-5-14(21)6-9-16/h5-11,13H,12H2,1-4H3,(H,22,24)/t13-/m0/s1. The van der Waals surface area contributed by atoms with Gasteiger partial charge in [0, 0.05) is 5.69 Å². The number of fused-ring (bicyclic) bond motifs is 1. The van der Waals surface area contributed by atoms with Crippen molar-refractivity contribution in [3.63, 3.8) is 0 Å². The summed E-state index contributed by atoms with van der Waals surface area (Å²) in [5.41, 5.74) is -0.0370. The van der Waals surface area contributed by atoms with Gasteiger partial charge in [0.25, 0.3) is 10.0 Å². The third kappa shape index (κ3) is 4.61. The Morgan fingerprint density at radius 2 is 1.86 bits per heavy atom. The second-order valence-corrected chi connectivity index (χ2v) is 9.54. The highest BCUT2D eigenvalue weighted by Crippen LogP contribution is 2.39. The van der Waals surface area contributed by atoms with Crippen molar-refractivity contribution < 1.29 is 27.1 Å². The smallest absolute Gasteiger partial charge is 0.412 e. The van der Waals surface area contributed by atoms with Gasteiger partial charge in [0.15, 0.2) is 0 Å². The lowest BCUT2D eigenvalue weighted by atomic mass is 10.2. The molecule has 1 amide bonds. The molecule has 2 aromatic rings. The molecule has 0 saturated heterocycles. The summed E-state index contributed by atoms with van der Waals surface area (Å²) in [6, 6.07) is 8.82. The normalized spacial score (nSPS) is 16.6. The summed E-state index contributed by atoms with van der Waals surface area (Å²) in [6.45, 7) is 7.09. The Balaban J connectivity index is 1.97. The molecule has 7 nitrogen and oxygen atoms in total. The third-order valence-electron chi connectivity index (χ3n) is 4.09. The van der Waals surface area contributed by atoms with E-state index < -0.39 is 33.6 Å². The van der Waals surface area contributed by atoms with Crippen LogP contribution in [0.3, 0.4) is 0 Å². The van der Waals surface area contributed by atoms with E-state index in [0.29, 0.717) is 11.4 Å². The number of sulfonamides is 1. The van der Waals surface area contributed by atoms with Crippen LogP contribution in [0.15, 0.2) is 47.4 Å². The van der Waals surface area contributed by atoms with E-state index in [4.69, 9.17) is 9.47 Å². The maximum atomic E-state index is 13.2. The average molecular weight is 422 g/mol. The van der Waals surface area contributed by atoms with Crippen LogP contribution in [0.2, 0.25) is 0 Å². The summed E-state index contributed by atoms with van der Waals surface area (Å²) < 4.78 is 51.8. The van der Waals surface area contributed by atoms with E-state index in [1.807, 2.05) is 0 Å². The van der Waals surface area contributed by atoms with Crippen molar-refractivity contribution in [2.75, 3.05) is 16.2 Å². The summed E-state index contributed by atoms with van der Waals surface area (Å²) in [4.78, 5) is 12.0. The van der Waals surface area contributed by atoms with Crippen LogP contribution in [0.5, 0.6) is 5.75 Å². The Morgan fingerprint density at radius 1 is 1.21 bits per heavy atom. The molecule has 0 unspecified atom stereocenters. The molecule has 0 aliphatic carbocycles. The lowest BCUT2D eigenvalue weighted by Crippen LogP contribution is -2.45. The van der Waals surface area contributed by atoms with Crippen LogP contribution < -0.4 is 14.4 Å². The number of halogens is 1. The van der Waals surface area contributed by atoms with Gasteiger partial charge in [-0.2, -0.15) is 0 Å². The molecule has 1 aliphatic rings. The van der Waals surface area contributed by atoms with E-state index in [1.165, 1.54) is 22.5 Å². The molecule has 1 atom stereocenters. The first-order valence-electron chi connectivity index (χ1n) is 9.04. The maximum absolute atomic E-state index is 13.2. The molecule has 0 aromatic heterocycles. The maximum Gasteiger partial charge on any atom is 0.412 e. The predicted octanol–water partition coefficient (Wildman–Crippen LogP) is 4.15. The molecule has 0 saturated carbocycles. The van der Waals surface area contributed by atoms with Gasteiger partial charge < -0.3 is 9.47 Å². The van der Waals surface area contributed by atoms with Crippen molar-refractivity contribution in [1.29, 1.82) is 0 Å². The molecular formula is C20H23FN2O5S. The SMILES string of the molecule is C[C@H]1COc2ccc(NC(=O)OC(C)(C)C)cc2N1S(=O)(=O)c1ccc(F)cc1. The van der Waals surface area contributed by atoms with E-state index in [1.54, 1.807) is 39.8 Å². The van der Waals surface area contributed by atoms with Crippen molar-refractivity contribution in [1.82, 2.24) is 0 Å². The van der Waals surface area contributed by atoms with Gasteiger partial charge in [-0.05, 0) is 70.2 Å². The van der Waals surface area contributed by atoms with Crippen LogP contribution >= 0.6 is 0 Å². The number of nitrogens with zero attached hydrogens (tertiary/aromatic N) is 1. The van der Waals surface area contributed by atoms with Crippen molar-refractivity contribution in [3.8, 4) is 5.75 Å². The predicted molar refractivity (Wildman–Crippen MR) is 107 cm³/mol. The van der Waals surface area contributed by atoms with E-state index in [-0.39, 0.29) is 17.2 Å². The number of amides is 1. The Labute approximate surface area is 169 Å². The molecule has 2 aromatic carbocycles. The number of carbonyl (C=O) groups excluding carboxylic acids is 1. The highest BCUT2D eigenvalue weighted by atomic mass is 32.2. The molecule has 156 valence electrons. The highest BCUT2D eigenvalue weighted by molar-refractivity contribution is 7.92. The van der Waals surface area contributed by atoms with Gasteiger partial charge >= 0.3 is 6.09 Å². The summed E-state index contributed by atoms with van der Waals surface area (Å²) in [5, 5.41) is 2.59. The van der Waals surface area contributed by atoms with Gasteiger partial charge in [0.1, 0.15) is 23.8 Å². The number of benzene rings is 2. The number of ether oxygens (including phenoxy) is 2. The quantitative estimate of drug-likeness (QED) is 0.803. The topological polar surface area (TPSA) is 84.9 Å². The van der Waals surface area contributed by atoms with Gasteiger partial charge in [-0.3, -0.25) is 9.62 Å². The molecule has 0 fully saturated rings. The fourth-order valence-corrected chi connectivity index (χ4v) is 4.56. The van der Waals surface area contributed by atoms with Gasteiger partial charge in [0.2, 0.25) is 0 Å². The third-order valence-corrected chi connectivity index (χ3v) is 6.03. The number of rotatable bonds is 3. The number of nitrogens with one attached hydrogen (secondary N) is 1. The Hall–Kier alpha value is -2.81. The van der Waals surface area contributed by atoms with Crippen LogP contribution in [0, 0.1) is 5.82 Å². The molecule has 0 spiro atoms. The molecule has 1 N–H and O–H groups in total. The van der Waals surface area contributed by atoms with E-state index in [9.17, 15) is 17.6 Å². The molecule has 0 bridgehead atoms. The number of carbonyl (C=O) groups is 1. The molecule has 9 heteroatoms. The first-order valence-corrected chi connectivity index (χ1v) is 10.5. The average Bonchev–Trinajstić information content (AvgIpc) is 2.59. The minimum absolute atomic E-state index is 0.0379. The molecule has 0 radical (unpaired) electrons. The van der Waals surface area contributed by atoms with Crippen LogP contribution in [0.1, 0.15) is 27.7 Å². The van der Waals surface area contributed by atoms with Crippen molar-refractivity contribution in [2.45, 2.75) is 44.2 Å². The van der Waals surface area contributed by atoms with Gasteiger partial charge in [-0.15, -0.1) is 0 Å². The second kappa shape index (κ2) is 7.55. The first kappa shape index (κ1) is 20.9. The highest BCUT2D eigenvalue weighted by Gasteiger charge is 2.35. The minimum Gasteiger partial charge on any atom is -0.489 e. The largest absolute Gasteiger partial charge is 0.489 e. The van der Waals surface area contributed by atoms with Gasteiger partial charge in [0.05, 0.1) is 16.6 Å². The van der Waals surface area contributed by atoms with Crippen LogP contribution in [-0.2, 0) is 14.8 Å². The zero-order valence-corrected chi connectivity index (χ0v) is 17.4. The van der Waals surface area contributed by atoms with E-state index >= 15 is 0 Å². The van der Waals surface area contributed by atoms with Crippen LogP contribution in [-0.4, -0.2) is 32.8 Å². The van der Waals surface area contributed by atoms with Crippen LogP contribution in [0.4, 0.5) is 20.6 Å². The zero-order chi connectivity index (χ0) is 21.4. The van der Waals surface area contributed by atoms with Crippen molar-refractivity contribution in [3.05, 3.63) is 48.3 Å². The Bertz CT molecular complexity index is 1020. The van der Waals surface area contributed by atoms with Gasteiger partial charge in [-0.1, -0.05) is 0 Å². The van der Waals surface area contributed by atoms with Crippen LogP contribution in [0.25, 0.3) is 0 Å². The zero-order valence-electron chi connectivity index (χ0n) is 16.6. The minimum atomic E-state index is -3.97. The Kier molecular flexibility index (Phi) is 5.44. The Morgan fingerprint density at radius 3 is 2.48 bits per heavy atom. The fraction of sp³-hybridized carbons (Fsp3) is 0.350. The van der Waals surface area contributed by atoms with Gasteiger partial charge in [-0.25, -0.2) is 17.6 Å². The lowest BCUT2D eigenvalue weighted by Gasteiger charge is -2.36. The summed E-state index contributed by atoms with van der Waals surface area (Å²) in [6.07, 6.45) is -0.657. The molecule has 3 rings (SSSR count). The van der Waals surface area contributed by atoms with Crippen molar-refractivity contribution in [2.24, 2.45) is 0 Å². The fourth-order valence-electron chi connectivity index (χ4n) is 2.91. The summed E-state index contributed by atoms with van der Waals surface area (Å²) in [5.74, 6) is -0.160. The molecule has 1 aliphatic heterocycles. The number of hydrogen-bond donors (Lipinski definition) is 1. The first-order chi connectivity index (χ1) is 13.5. The number of hydrogen-bond acceptors (Lipinski definition) is 5. The molecular weight excluding hydrogens is 399 g/mol. The lowest BCUT2D eigenvalue weighted by molar-refractivity contribution is 0.0636. The summed E-state index contributed by atoms with van der Waals surface area (Å²) in [7, 11) is -3.97. The number of anilines is 2.